The van der Waals surface area contributed by atoms with Crippen LogP contribution in [-0.4, -0.2) is 33.9 Å². The van der Waals surface area contributed by atoms with E-state index in [0.717, 1.165) is 11.3 Å². The molecular formula is C17H16N4O2. The number of ketones is 1. The third-order valence-corrected chi connectivity index (χ3v) is 4.45. The summed E-state index contributed by atoms with van der Waals surface area (Å²) < 4.78 is 0. The number of aliphatic imine (C=N–C) groups is 1. The van der Waals surface area contributed by atoms with Crippen LogP contribution >= 0.6 is 0 Å². The molecule has 1 aromatic carbocycles. The Balaban J connectivity index is 1.81. The Morgan fingerprint density at radius 3 is 2.78 bits per heavy atom. The van der Waals surface area contributed by atoms with E-state index in [2.05, 4.69) is 9.98 Å². The zero-order chi connectivity index (χ0) is 16.0. The first-order valence-electron chi connectivity index (χ1n) is 7.50. The summed E-state index contributed by atoms with van der Waals surface area (Å²) in [5, 5.41) is 10.9. The van der Waals surface area contributed by atoms with Gasteiger partial charge in [0, 0.05) is 31.4 Å². The summed E-state index contributed by atoms with van der Waals surface area (Å²) in [6.07, 6.45) is 3.41. The minimum absolute atomic E-state index is 0.305. The lowest BCUT2D eigenvalue weighted by Crippen LogP contribution is -2.48. The highest BCUT2D eigenvalue weighted by Crippen LogP contribution is 2.38. The van der Waals surface area contributed by atoms with E-state index in [1.807, 2.05) is 29.2 Å². The van der Waals surface area contributed by atoms with Crippen molar-refractivity contribution in [2.75, 3.05) is 11.4 Å². The largest absolute Gasteiger partial charge is 0.374 e. The molecule has 0 radical (unpaired) electrons. The first-order valence-corrected chi connectivity index (χ1v) is 7.50. The number of aromatic nitrogens is 1. The molecule has 1 saturated heterocycles. The monoisotopic (exact) mass is 308 g/mol. The number of hydrogen-bond donors (Lipinski definition) is 2. The van der Waals surface area contributed by atoms with Crippen LogP contribution in [0.3, 0.4) is 0 Å². The van der Waals surface area contributed by atoms with Crippen molar-refractivity contribution >= 4 is 23.0 Å². The predicted octanol–water partition coefficient (Wildman–Crippen LogP) is 1.41. The van der Waals surface area contributed by atoms with Crippen LogP contribution in [0.1, 0.15) is 22.3 Å². The number of nitrogens with zero attached hydrogens (tertiary/aromatic N) is 3. The molecule has 0 saturated carbocycles. The number of rotatable bonds is 2. The van der Waals surface area contributed by atoms with Crippen molar-refractivity contribution in [3.8, 4) is 0 Å². The molecule has 0 amide bonds. The van der Waals surface area contributed by atoms with Crippen LogP contribution in [0, 0.1) is 0 Å². The molecule has 2 aliphatic rings. The number of carbonyl (C=O) groups excluding carboxylic acids is 1. The van der Waals surface area contributed by atoms with Crippen molar-refractivity contribution in [1.29, 1.82) is 0 Å². The standard InChI is InChI=1S/C17H16N4O2/c18-9-11-1-3-12(4-2-11)21-8-6-17(23)15(22)13-5-7-19-10-14(13)20-16(17)21/h1-5,7,10,23H,6,8-9,18H2. The molecule has 1 fully saturated rings. The lowest BCUT2D eigenvalue weighted by Gasteiger charge is -2.29. The summed E-state index contributed by atoms with van der Waals surface area (Å²) in [7, 11) is 0. The molecule has 116 valence electrons. The highest BCUT2D eigenvalue weighted by molar-refractivity contribution is 6.28. The summed E-state index contributed by atoms with van der Waals surface area (Å²) in [6.45, 7) is 1.01. The summed E-state index contributed by atoms with van der Waals surface area (Å²) >= 11 is 0. The maximum Gasteiger partial charge on any atom is 0.204 e. The second-order valence-electron chi connectivity index (χ2n) is 5.79. The molecule has 1 aromatic heterocycles. The Bertz CT molecular complexity index is 816. The number of fused-ring (bicyclic) bond motifs is 2. The summed E-state index contributed by atoms with van der Waals surface area (Å²) in [6, 6.07) is 9.34. The Labute approximate surface area is 133 Å². The van der Waals surface area contributed by atoms with Crippen LogP contribution in [0.25, 0.3) is 0 Å². The average Bonchev–Trinajstić information content (AvgIpc) is 2.93. The first-order chi connectivity index (χ1) is 11.1. The second-order valence-corrected chi connectivity index (χ2v) is 5.79. The third-order valence-electron chi connectivity index (χ3n) is 4.45. The van der Waals surface area contributed by atoms with Crippen LogP contribution in [-0.2, 0) is 6.54 Å². The van der Waals surface area contributed by atoms with Crippen molar-refractivity contribution in [1.82, 2.24) is 4.98 Å². The molecule has 6 heteroatoms. The van der Waals surface area contributed by atoms with E-state index in [1.54, 1.807) is 18.5 Å². The van der Waals surface area contributed by atoms with Gasteiger partial charge in [-0.25, -0.2) is 4.99 Å². The Kier molecular flexibility index (Phi) is 3.04. The van der Waals surface area contributed by atoms with Gasteiger partial charge in [0.05, 0.1) is 17.4 Å². The average molecular weight is 308 g/mol. The number of benzene rings is 1. The lowest BCUT2D eigenvalue weighted by atomic mass is 9.88. The highest BCUT2D eigenvalue weighted by atomic mass is 16.3. The smallest absolute Gasteiger partial charge is 0.204 e. The fourth-order valence-electron chi connectivity index (χ4n) is 3.15. The van der Waals surface area contributed by atoms with Crippen molar-refractivity contribution in [2.45, 2.75) is 18.6 Å². The number of pyridine rings is 1. The van der Waals surface area contributed by atoms with Gasteiger partial charge in [0.2, 0.25) is 5.78 Å². The van der Waals surface area contributed by atoms with Crippen molar-refractivity contribution in [3.63, 3.8) is 0 Å². The van der Waals surface area contributed by atoms with Crippen LogP contribution in [0.2, 0.25) is 0 Å². The van der Waals surface area contributed by atoms with E-state index < -0.39 is 5.60 Å². The zero-order valence-corrected chi connectivity index (χ0v) is 12.4. The number of nitrogens with two attached hydrogens (primary N) is 1. The van der Waals surface area contributed by atoms with Crippen molar-refractivity contribution < 1.29 is 9.90 Å². The van der Waals surface area contributed by atoms with Gasteiger partial charge in [-0.05, 0) is 23.8 Å². The Morgan fingerprint density at radius 1 is 1.26 bits per heavy atom. The van der Waals surface area contributed by atoms with Gasteiger partial charge < -0.3 is 15.7 Å². The minimum atomic E-state index is -1.55. The molecule has 0 spiro atoms. The molecule has 0 bridgehead atoms. The Morgan fingerprint density at radius 2 is 2.04 bits per heavy atom. The molecule has 3 heterocycles. The van der Waals surface area contributed by atoms with Gasteiger partial charge in [-0.1, -0.05) is 12.1 Å². The highest BCUT2D eigenvalue weighted by Gasteiger charge is 2.52. The number of carbonyl (C=O) groups is 1. The maximum absolute atomic E-state index is 12.7. The SMILES string of the molecule is NCc1ccc(N2CCC3(O)C(=O)c4ccncc4N=C23)cc1. The van der Waals surface area contributed by atoms with E-state index in [1.165, 1.54) is 0 Å². The van der Waals surface area contributed by atoms with E-state index in [-0.39, 0.29) is 5.78 Å². The van der Waals surface area contributed by atoms with Gasteiger partial charge >= 0.3 is 0 Å². The summed E-state index contributed by atoms with van der Waals surface area (Å²) in [5.74, 6) is 0.0736. The van der Waals surface area contributed by atoms with Crippen molar-refractivity contribution in [2.24, 2.45) is 10.7 Å². The van der Waals surface area contributed by atoms with E-state index in [9.17, 15) is 9.90 Å². The van der Waals surface area contributed by atoms with E-state index >= 15 is 0 Å². The van der Waals surface area contributed by atoms with Gasteiger partial charge in [-0.15, -0.1) is 0 Å². The fraction of sp³-hybridized carbons (Fsp3) is 0.235. The predicted molar refractivity (Wildman–Crippen MR) is 86.9 cm³/mol. The molecular weight excluding hydrogens is 292 g/mol. The topological polar surface area (TPSA) is 91.8 Å². The number of hydrogen-bond acceptors (Lipinski definition) is 6. The minimum Gasteiger partial charge on any atom is -0.374 e. The van der Waals surface area contributed by atoms with Crippen LogP contribution in [0.15, 0.2) is 47.7 Å². The van der Waals surface area contributed by atoms with Crippen molar-refractivity contribution in [3.05, 3.63) is 53.9 Å². The number of aliphatic hydroxyl groups is 1. The molecule has 4 rings (SSSR count). The molecule has 23 heavy (non-hydrogen) atoms. The van der Waals surface area contributed by atoms with Gasteiger partial charge in [0.25, 0.3) is 0 Å². The normalized spacial score (nSPS) is 22.6. The molecule has 1 unspecified atom stereocenters. The molecule has 6 nitrogen and oxygen atoms in total. The van der Waals surface area contributed by atoms with Crippen LogP contribution < -0.4 is 10.6 Å². The van der Waals surface area contributed by atoms with Crippen LogP contribution in [0.4, 0.5) is 11.4 Å². The summed E-state index contributed by atoms with van der Waals surface area (Å²) in [5.41, 5.74) is 6.91. The van der Waals surface area contributed by atoms with Gasteiger partial charge in [0.15, 0.2) is 5.60 Å². The van der Waals surface area contributed by atoms with E-state index in [4.69, 9.17) is 5.73 Å². The van der Waals surface area contributed by atoms with E-state index in [0.29, 0.717) is 36.6 Å². The molecule has 2 aromatic rings. The molecule has 0 aliphatic carbocycles. The summed E-state index contributed by atoms with van der Waals surface area (Å²) in [4.78, 5) is 23.1. The van der Waals surface area contributed by atoms with Gasteiger partial charge in [-0.3, -0.25) is 9.78 Å². The van der Waals surface area contributed by atoms with Crippen LogP contribution in [0.5, 0.6) is 0 Å². The molecule has 1 atom stereocenters. The first kappa shape index (κ1) is 14.0. The number of anilines is 1. The number of Topliss-reactive ketones (excluding diaryl/α,β-unsaturated/α-hetero) is 1. The fourth-order valence-corrected chi connectivity index (χ4v) is 3.15. The van der Waals surface area contributed by atoms with Gasteiger partial charge in [0.1, 0.15) is 5.84 Å². The lowest BCUT2D eigenvalue weighted by molar-refractivity contribution is 0.0602. The Hall–Kier alpha value is -2.57. The number of amidine groups is 1. The quantitative estimate of drug-likeness (QED) is 0.875. The zero-order valence-electron chi connectivity index (χ0n) is 12.4. The third kappa shape index (κ3) is 1.99. The second kappa shape index (κ2) is 4.97. The van der Waals surface area contributed by atoms with Gasteiger partial charge in [-0.2, -0.15) is 0 Å². The molecule has 3 N–H and O–H groups in total. The maximum atomic E-state index is 12.7. The molecule has 2 aliphatic heterocycles.